The van der Waals surface area contributed by atoms with E-state index in [0.29, 0.717) is 41.8 Å². The SMILES string of the molecule is COc1c(OCc2ccccc2)cc(OCc2ccccc2)c(C(C)=O)c1OC. The van der Waals surface area contributed by atoms with Gasteiger partial charge in [0.05, 0.1) is 14.2 Å². The number of ether oxygens (including phenoxy) is 4. The molecule has 29 heavy (non-hydrogen) atoms. The van der Waals surface area contributed by atoms with E-state index in [2.05, 4.69) is 0 Å². The summed E-state index contributed by atoms with van der Waals surface area (Å²) in [4.78, 5) is 12.4. The van der Waals surface area contributed by atoms with Crippen molar-refractivity contribution >= 4 is 5.78 Å². The minimum absolute atomic E-state index is 0.183. The van der Waals surface area contributed by atoms with Crippen molar-refractivity contribution in [2.24, 2.45) is 0 Å². The predicted octanol–water partition coefficient (Wildman–Crippen LogP) is 5.06. The summed E-state index contributed by atoms with van der Waals surface area (Å²) in [5.74, 6) is 1.32. The number of rotatable bonds is 9. The third-order valence-electron chi connectivity index (χ3n) is 4.40. The molecule has 0 aromatic heterocycles. The Hall–Kier alpha value is -3.47. The molecule has 3 aromatic rings. The summed E-state index contributed by atoms with van der Waals surface area (Å²) < 4.78 is 23.0. The minimum atomic E-state index is -0.183. The zero-order chi connectivity index (χ0) is 20.6. The van der Waals surface area contributed by atoms with Gasteiger partial charge in [-0.15, -0.1) is 0 Å². The van der Waals surface area contributed by atoms with Crippen LogP contribution in [0.5, 0.6) is 23.0 Å². The van der Waals surface area contributed by atoms with Crippen LogP contribution in [-0.4, -0.2) is 20.0 Å². The number of carbonyl (C=O) groups excluding carboxylic acids is 1. The van der Waals surface area contributed by atoms with Crippen LogP contribution < -0.4 is 18.9 Å². The highest BCUT2D eigenvalue weighted by atomic mass is 16.5. The summed E-state index contributed by atoms with van der Waals surface area (Å²) in [5.41, 5.74) is 2.33. The molecule has 5 nitrogen and oxygen atoms in total. The predicted molar refractivity (Wildman–Crippen MR) is 111 cm³/mol. The van der Waals surface area contributed by atoms with Gasteiger partial charge in [-0.25, -0.2) is 0 Å². The van der Waals surface area contributed by atoms with Crippen molar-refractivity contribution in [2.75, 3.05) is 14.2 Å². The fourth-order valence-electron chi connectivity index (χ4n) is 3.01. The summed E-state index contributed by atoms with van der Waals surface area (Å²) in [6.45, 7) is 2.13. The second-order valence-corrected chi connectivity index (χ2v) is 6.42. The molecule has 0 spiro atoms. The van der Waals surface area contributed by atoms with Crippen molar-refractivity contribution < 1.29 is 23.7 Å². The van der Waals surface area contributed by atoms with Gasteiger partial charge in [0.1, 0.15) is 24.5 Å². The van der Waals surface area contributed by atoms with Gasteiger partial charge < -0.3 is 18.9 Å². The van der Waals surface area contributed by atoms with Crippen LogP contribution in [0.4, 0.5) is 0 Å². The zero-order valence-electron chi connectivity index (χ0n) is 16.8. The lowest BCUT2D eigenvalue weighted by molar-refractivity contribution is 0.100. The van der Waals surface area contributed by atoms with Crippen LogP contribution in [-0.2, 0) is 13.2 Å². The van der Waals surface area contributed by atoms with Crippen LogP contribution in [0.1, 0.15) is 28.4 Å². The van der Waals surface area contributed by atoms with E-state index in [0.717, 1.165) is 11.1 Å². The molecule has 5 heteroatoms. The van der Waals surface area contributed by atoms with Crippen LogP contribution in [0.3, 0.4) is 0 Å². The molecule has 150 valence electrons. The van der Waals surface area contributed by atoms with Gasteiger partial charge in [-0.3, -0.25) is 4.79 Å². The van der Waals surface area contributed by atoms with Crippen LogP contribution in [0, 0.1) is 0 Å². The fraction of sp³-hybridized carbons (Fsp3) is 0.208. The van der Waals surface area contributed by atoms with E-state index in [4.69, 9.17) is 18.9 Å². The summed E-state index contributed by atoms with van der Waals surface area (Å²) in [6, 6.07) is 21.2. The number of ketones is 1. The molecule has 0 aliphatic carbocycles. The monoisotopic (exact) mass is 392 g/mol. The number of hydrogen-bond acceptors (Lipinski definition) is 5. The molecule has 0 atom stereocenters. The van der Waals surface area contributed by atoms with Crippen molar-refractivity contribution in [1.82, 2.24) is 0 Å². The van der Waals surface area contributed by atoms with Gasteiger partial charge in [-0.1, -0.05) is 60.7 Å². The van der Waals surface area contributed by atoms with Crippen molar-refractivity contribution in [3.63, 3.8) is 0 Å². The minimum Gasteiger partial charge on any atom is -0.492 e. The Bertz CT molecular complexity index is 952. The maximum absolute atomic E-state index is 12.4. The van der Waals surface area contributed by atoms with Gasteiger partial charge in [0.25, 0.3) is 0 Å². The molecule has 0 amide bonds. The Morgan fingerprint density at radius 3 is 1.66 bits per heavy atom. The average Bonchev–Trinajstić information content (AvgIpc) is 2.76. The molecule has 3 rings (SSSR count). The highest BCUT2D eigenvalue weighted by Crippen LogP contribution is 2.45. The molecule has 0 aliphatic heterocycles. The first-order valence-electron chi connectivity index (χ1n) is 9.27. The topological polar surface area (TPSA) is 54.0 Å². The lowest BCUT2D eigenvalue weighted by atomic mass is 10.1. The molecule has 0 unspecified atom stereocenters. The van der Waals surface area contributed by atoms with E-state index in [9.17, 15) is 4.79 Å². The van der Waals surface area contributed by atoms with Crippen molar-refractivity contribution in [2.45, 2.75) is 20.1 Å². The van der Waals surface area contributed by atoms with Gasteiger partial charge in [0, 0.05) is 6.07 Å². The van der Waals surface area contributed by atoms with Gasteiger partial charge in [-0.05, 0) is 18.1 Å². The van der Waals surface area contributed by atoms with Gasteiger partial charge in [-0.2, -0.15) is 0 Å². The number of benzene rings is 3. The van der Waals surface area contributed by atoms with Crippen LogP contribution in [0.25, 0.3) is 0 Å². The summed E-state index contributed by atoms with van der Waals surface area (Å²) in [6.07, 6.45) is 0. The number of hydrogen-bond donors (Lipinski definition) is 0. The molecular weight excluding hydrogens is 368 g/mol. The summed E-state index contributed by atoms with van der Waals surface area (Å²) in [5, 5.41) is 0. The lowest BCUT2D eigenvalue weighted by Crippen LogP contribution is -2.08. The molecule has 0 saturated heterocycles. The maximum atomic E-state index is 12.4. The molecule has 0 N–H and O–H groups in total. The molecule has 0 heterocycles. The molecule has 3 aromatic carbocycles. The maximum Gasteiger partial charge on any atom is 0.204 e. The molecule has 0 saturated carbocycles. The van der Waals surface area contributed by atoms with Crippen molar-refractivity contribution in [3.8, 4) is 23.0 Å². The molecule has 0 radical (unpaired) electrons. The van der Waals surface area contributed by atoms with E-state index in [1.165, 1.54) is 21.1 Å². The summed E-state index contributed by atoms with van der Waals surface area (Å²) >= 11 is 0. The highest BCUT2D eigenvalue weighted by Gasteiger charge is 2.25. The molecular formula is C24H24O5. The van der Waals surface area contributed by atoms with Crippen molar-refractivity contribution in [3.05, 3.63) is 83.4 Å². The van der Waals surface area contributed by atoms with E-state index in [1.54, 1.807) is 6.07 Å². The standard InChI is InChI=1S/C24H24O5/c1-17(25)22-20(28-15-18-10-6-4-7-11-18)14-21(23(26-2)24(22)27-3)29-16-19-12-8-5-9-13-19/h4-14H,15-16H2,1-3H3. The smallest absolute Gasteiger partial charge is 0.204 e. The second kappa shape index (κ2) is 9.64. The first-order valence-corrected chi connectivity index (χ1v) is 9.27. The Labute approximate surface area is 170 Å². The zero-order valence-corrected chi connectivity index (χ0v) is 16.8. The highest BCUT2D eigenvalue weighted by molar-refractivity contribution is 6.01. The average molecular weight is 392 g/mol. The van der Waals surface area contributed by atoms with Gasteiger partial charge in [0.2, 0.25) is 5.75 Å². The van der Waals surface area contributed by atoms with Crippen molar-refractivity contribution in [1.29, 1.82) is 0 Å². The Morgan fingerprint density at radius 2 is 1.21 bits per heavy atom. The van der Waals surface area contributed by atoms with E-state index >= 15 is 0 Å². The first kappa shape index (κ1) is 20.3. The first-order chi connectivity index (χ1) is 14.1. The second-order valence-electron chi connectivity index (χ2n) is 6.42. The third kappa shape index (κ3) is 4.88. The third-order valence-corrected chi connectivity index (χ3v) is 4.40. The summed E-state index contributed by atoms with van der Waals surface area (Å²) in [7, 11) is 3.01. The lowest BCUT2D eigenvalue weighted by Gasteiger charge is -2.19. The molecule has 0 bridgehead atoms. The van der Waals surface area contributed by atoms with Crippen LogP contribution in [0.15, 0.2) is 66.7 Å². The Balaban J connectivity index is 1.96. The quantitative estimate of drug-likeness (QED) is 0.476. The van der Waals surface area contributed by atoms with E-state index in [1.807, 2.05) is 60.7 Å². The molecule has 0 fully saturated rings. The van der Waals surface area contributed by atoms with Gasteiger partial charge >= 0.3 is 0 Å². The fourth-order valence-corrected chi connectivity index (χ4v) is 3.01. The number of Topliss-reactive ketones (excluding diaryl/α,β-unsaturated/α-hetero) is 1. The Morgan fingerprint density at radius 1 is 0.724 bits per heavy atom. The number of methoxy groups -OCH3 is 2. The number of carbonyl (C=O) groups is 1. The largest absolute Gasteiger partial charge is 0.492 e. The van der Waals surface area contributed by atoms with E-state index < -0.39 is 0 Å². The van der Waals surface area contributed by atoms with Crippen LogP contribution >= 0.6 is 0 Å². The molecule has 0 aliphatic rings. The van der Waals surface area contributed by atoms with Gasteiger partial charge in [0.15, 0.2) is 17.3 Å². The van der Waals surface area contributed by atoms with Crippen LogP contribution in [0.2, 0.25) is 0 Å². The normalized spacial score (nSPS) is 10.3. The Kier molecular flexibility index (Phi) is 6.74. The van der Waals surface area contributed by atoms with E-state index in [-0.39, 0.29) is 5.78 Å².